The van der Waals surface area contributed by atoms with Gasteiger partial charge >= 0.3 is 5.97 Å². The van der Waals surface area contributed by atoms with Gasteiger partial charge in [0, 0.05) is 34.1 Å². The van der Waals surface area contributed by atoms with Gasteiger partial charge in [-0.1, -0.05) is 35.2 Å². The van der Waals surface area contributed by atoms with Crippen LogP contribution >= 0.6 is 31.9 Å². The fraction of sp³-hybridized carbons (Fsp3) is 0.500. The van der Waals surface area contributed by atoms with Crippen molar-refractivity contribution in [3.8, 4) is 5.75 Å². The maximum atomic E-state index is 11.9. The summed E-state index contributed by atoms with van der Waals surface area (Å²) < 4.78 is 24.4. The summed E-state index contributed by atoms with van der Waals surface area (Å²) in [6, 6.07) is 9.90. The van der Waals surface area contributed by atoms with E-state index in [1.54, 1.807) is 12.1 Å². The van der Waals surface area contributed by atoms with Gasteiger partial charge in [-0.25, -0.2) is 13.2 Å². The molecule has 2 amide bonds. The van der Waals surface area contributed by atoms with Crippen molar-refractivity contribution in [2.75, 3.05) is 18.1 Å². The van der Waals surface area contributed by atoms with Gasteiger partial charge in [-0.2, -0.15) is 0 Å². The van der Waals surface area contributed by atoms with Crippen molar-refractivity contribution < 1.29 is 33.0 Å². The number of benzene rings is 2. The molecule has 2 heterocycles. The summed E-state index contributed by atoms with van der Waals surface area (Å²) in [6.07, 6.45) is 6.70. The standard InChI is InChI=1S/C14H20Br2N2.C8H11NO5S.C8H9NO2/c1-18(12-5-3-2-4-6-12)9-10-7-11(15)8-13(16)14(10)17;1-8(2)6(7(11)12)9-4(10)3-5(9)15(8,13)14;1-6(10)9-7-2-4-8(11)5-3-7/h7-8,12H,2-6,9,17H2,1H3;5-6H,3H2,1-2H3,(H,11,12);2-5,11H,1H3,(H,9,10)/t;5-,6+;/m.1./s1. The van der Waals surface area contributed by atoms with E-state index in [2.05, 4.69) is 55.2 Å². The number of rotatable bonds is 5. The number of amides is 2. The van der Waals surface area contributed by atoms with Crippen molar-refractivity contribution in [3.05, 3.63) is 50.9 Å². The Morgan fingerprint density at radius 2 is 1.70 bits per heavy atom. The zero-order valence-electron chi connectivity index (χ0n) is 25.2. The number of hydrogen-bond donors (Lipinski definition) is 4. The van der Waals surface area contributed by atoms with E-state index in [-0.39, 0.29) is 18.1 Å². The van der Waals surface area contributed by atoms with Crippen molar-refractivity contribution in [1.82, 2.24) is 9.80 Å². The van der Waals surface area contributed by atoms with E-state index < -0.39 is 37.9 Å². The lowest BCUT2D eigenvalue weighted by atomic mass is 9.94. The van der Waals surface area contributed by atoms with E-state index in [1.165, 1.54) is 70.6 Å². The molecule has 14 heteroatoms. The first-order valence-electron chi connectivity index (χ1n) is 14.2. The molecule has 2 aromatic rings. The Labute approximate surface area is 275 Å². The van der Waals surface area contributed by atoms with Crippen molar-refractivity contribution in [3.63, 3.8) is 0 Å². The number of nitrogens with zero attached hydrogens (tertiary/aromatic N) is 2. The molecule has 0 bridgehead atoms. The van der Waals surface area contributed by atoms with Crippen molar-refractivity contribution >= 4 is 70.9 Å². The Kier molecular flexibility index (Phi) is 11.9. The third-order valence-corrected chi connectivity index (χ3v) is 12.1. The minimum atomic E-state index is -3.57. The van der Waals surface area contributed by atoms with Crippen LogP contribution in [0, 0.1) is 0 Å². The maximum absolute atomic E-state index is 11.9. The Hall–Kier alpha value is -2.68. The van der Waals surface area contributed by atoms with Crippen LogP contribution in [0.2, 0.25) is 0 Å². The maximum Gasteiger partial charge on any atom is 0.328 e. The molecule has 0 unspecified atom stereocenters. The largest absolute Gasteiger partial charge is 0.508 e. The number of aromatic hydroxyl groups is 1. The quantitative estimate of drug-likeness (QED) is 0.184. The van der Waals surface area contributed by atoms with Crippen LogP contribution in [-0.4, -0.2) is 75.5 Å². The monoisotopic (exact) mass is 758 g/mol. The van der Waals surface area contributed by atoms with E-state index in [9.17, 15) is 22.8 Å². The summed E-state index contributed by atoms with van der Waals surface area (Å²) in [6.45, 7) is 5.07. The average molecular weight is 761 g/mol. The molecule has 5 rings (SSSR count). The summed E-state index contributed by atoms with van der Waals surface area (Å²) in [5.41, 5.74) is 8.89. The van der Waals surface area contributed by atoms with Crippen LogP contribution < -0.4 is 11.1 Å². The topological polar surface area (TPSA) is 170 Å². The predicted octanol–water partition coefficient (Wildman–Crippen LogP) is 5.11. The molecule has 2 aliphatic heterocycles. The number of hydrogen-bond acceptors (Lipinski definition) is 8. The number of sulfone groups is 1. The van der Waals surface area contributed by atoms with E-state index in [0.29, 0.717) is 5.69 Å². The number of nitrogen functional groups attached to an aromatic ring is 1. The number of phenols is 1. The second-order valence-electron chi connectivity index (χ2n) is 11.7. The van der Waals surface area contributed by atoms with Gasteiger partial charge < -0.3 is 26.2 Å². The number of fused-ring (bicyclic) bond motifs is 1. The number of carboxylic acids is 1. The number of anilines is 2. The molecular weight excluding hydrogens is 720 g/mol. The van der Waals surface area contributed by atoms with Gasteiger partial charge in [0.2, 0.25) is 11.8 Å². The van der Waals surface area contributed by atoms with Gasteiger partial charge in [-0.15, -0.1) is 0 Å². The zero-order chi connectivity index (χ0) is 33.0. The molecule has 0 aromatic heterocycles. The SMILES string of the molecule is CC(=O)Nc1ccc(O)cc1.CC1(C)[C@H](C(=O)O)N2C(=O)C[C@H]2S1(=O)=O.CN(Cc1cc(Br)cc(Br)c1N)C1CCCCC1. The number of carbonyl (C=O) groups excluding carboxylic acids is 2. The lowest BCUT2D eigenvalue weighted by molar-refractivity contribution is -0.157. The first-order valence-corrected chi connectivity index (χ1v) is 17.4. The van der Waals surface area contributed by atoms with Gasteiger partial charge in [0.15, 0.2) is 9.84 Å². The number of aliphatic carboxylic acids is 1. The lowest BCUT2D eigenvalue weighted by Gasteiger charge is -2.35. The molecule has 1 aliphatic carbocycles. The molecule has 44 heavy (non-hydrogen) atoms. The zero-order valence-corrected chi connectivity index (χ0v) is 29.2. The number of phenolic OH excluding ortho intramolecular Hbond substituents is 1. The molecule has 0 radical (unpaired) electrons. The minimum absolute atomic E-state index is 0.0878. The van der Waals surface area contributed by atoms with Crippen LogP contribution in [0.3, 0.4) is 0 Å². The van der Waals surface area contributed by atoms with Crippen LogP contribution in [0.1, 0.15) is 64.9 Å². The molecular formula is C30H40Br2N4O7S. The molecule has 3 aliphatic rings. The van der Waals surface area contributed by atoms with Gasteiger partial charge in [-0.05, 0) is 91.6 Å². The van der Waals surface area contributed by atoms with Crippen LogP contribution in [-0.2, 0) is 30.8 Å². The second-order valence-corrected chi connectivity index (χ2v) is 16.2. The van der Waals surface area contributed by atoms with Gasteiger partial charge in [0.05, 0.1) is 16.9 Å². The molecule has 0 spiro atoms. The van der Waals surface area contributed by atoms with E-state index in [4.69, 9.17) is 15.9 Å². The molecule has 3 fully saturated rings. The third-order valence-electron chi connectivity index (χ3n) is 8.20. The highest BCUT2D eigenvalue weighted by molar-refractivity contribution is 9.11. The molecule has 11 nitrogen and oxygen atoms in total. The predicted molar refractivity (Wildman–Crippen MR) is 177 cm³/mol. The smallest absolute Gasteiger partial charge is 0.328 e. The van der Waals surface area contributed by atoms with Gasteiger partial charge in [0.1, 0.15) is 17.2 Å². The number of carbonyl (C=O) groups is 3. The first kappa shape index (κ1) is 35.8. The Balaban J connectivity index is 0.000000186. The number of carboxylic acid groups (broad SMARTS) is 1. The lowest BCUT2D eigenvalue weighted by Crippen LogP contribution is -2.57. The molecule has 242 valence electrons. The van der Waals surface area contributed by atoms with Crippen molar-refractivity contribution in [2.24, 2.45) is 0 Å². The fourth-order valence-corrected chi connectivity index (χ4v) is 9.11. The van der Waals surface area contributed by atoms with E-state index in [0.717, 1.165) is 32.1 Å². The van der Waals surface area contributed by atoms with Crippen LogP contribution in [0.15, 0.2) is 45.3 Å². The third kappa shape index (κ3) is 8.12. The highest BCUT2D eigenvalue weighted by Crippen LogP contribution is 2.45. The normalized spacial score (nSPS) is 21.6. The average Bonchev–Trinajstić information content (AvgIpc) is 3.07. The van der Waals surface area contributed by atoms with Crippen LogP contribution in [0.5, 0.6) is 5.75 Å². The highest BCUT2D eigenvalue weighted by atomic mass is 79.9. The van der Waals surface area contributed by atoms with Crippen LogP contribution in [0.25, 0.3) is 0 Å². The number of nitrogens with one attached hydrogen (secondary N) is 1. The summed E-state index contributed by atoms with van der Waals surface area (Å²) in [7, 11) is -1.36. The van der Waals surface area contributed by atoms with Crippen molar-refractivity contribution in [2.45, 2.75) is 88.0 Å². The van der Waals surface area contributed by atoms with Crippen molar-refractivity contribution in [1.29, 1.82) is 0 Å². The molecule has 1 saturated carbocycles. The molecule has 2 saturated heterocycles. The molecule has 2 atom stereocenters. The minimum Gasteiger partial charge on any atom is -0.508 e. The molecule has 5 N–H and O–H groups in total. The number of β-lactam (4-membered cyclic amide) rings is 1. The Morgan fingerprint density at radius 1 is 1.11 bits per heavy atom. The number of halogens is 2. The summed E-state index contributed by atoms with van der Waals surface area (Å²) in [4.78, 5) is 36.1. The summed E-state index contributed by atoms with van der Waals surface area (Å²) >= 11 is 7.04. The first-order chi connectivity index (χ1) is 20.5. The van der Waals surface area contributed by atoms with E-state index in [1.807, 2.05) is 6.07 Å². The second kappa shape index (κ2) is 14.6. The van der Waals surface area contributed by atoms with Gasteiger partial charge in [-0.3, -0.25) is 14.5 Å². The Bertz CT molecular complexity index is 1480. The van der Waals surface area contributed by atoms with E-state index >= 15 is 0 Å². The van der Waals surface area contributed by atoms with Crippen LogP contribution in [0.4, 0.5) is 11.4 Å². The number of nitrogens with two attached hydrogens (primary N) is 1. The highest BCUT2D eigenvalue weighted by Gasteiger charge is 2.67. The summed E-state index contributed by atoms with van der Waals surface area (Å²) in [5.74, 6) is -1.59. The molecule has 2 aromatic carbocycles. The van der Waals surface area contributed by atoms with Gasteiger partial charge in [0.25, 0.3) is 0 Å². The summed E-state index contributed by atoms with van der Waals surface area (Å²) in [5, 5.41) is 19.5. The Morgan fingerprint density at radius 3 is 2.20 bits per heavy atom. The fourth-order valence-electron chi connectivity index (χ4n) is 5.66.